The number of unbranched alkanes of at least 4 members (excludes halogenated alkanes) is 1. The SMILES string of the molecule is CCCCc1ccc(NC(=O)C2CCN(Cc3ccc(Cl)cc3)CC2)cc1. The van der Waals surface area contributed by atoms with Crippen molar-refractivity contribution < 1.29 is 4.79 Å². The van der Waals surface area contributed by atoms with Crippen LogP contribution in [-0.2, 0) is 17.8 Å². The van der Waals surface area contributed by atoms with Crippen molar-refractivity contribution in [1.82, 2.24) is 4.90 Å². The van der Waals surface area contributed by atoms with Crippen LogP contribution in [0.4, 0.5) is 5.69 Å². The smallest absolute Gasteiger partial charge is 0.227 e. The molecule has 4 heteroatoms. The number of rotatable bonds is 7. The number of amides is 1. The number of benzene rings is 2. The number of nitrogens with one attached hydrogen (secondary N) is 1. The largest absolute Gasteiger partial charge is 0.326 e. The Balaban J connectivity index is 1.44. The Hall–Kier alpha value is -1.84. The first kappa shape index (κ1) is 19.9. The monoisotopic (exact) mass is 384 g/mol. The van der Waals surface area contributed by atoms with Gasteiger partial charge in [-0.1, -0.05) is 49.2 Å². The van der Waals surface area contributed by atoms with E-state index in [1.54, 1.807) is 0 Å². The van der Waals surface area contributed by atoms with Crippen molar-refractivity contribution in [2.75, 3.05) is 18.4 Å². The van der Waals surface area contributed by atoms with Crippen LogP contribution in [0.25, 0.3) is 0 Å². The Morgan fingerprint density at radius 1 is 1.04 bits per heavy atom. The summed E-state index contributed by atoms with van der Waals surface area (Å²) in [4.78, 5) is 15.0. The standard InChI is InChI=1S/C23H29ClN2O/c1-2-3-4-18-7-11-22(12-8-18)25-23(27)20-13-15-26(16-14-20)17-19-5-9-21(24)10-6-19/h5-12,20H,2-4,13-17H2,1H3,(H,25,27). The molecule has 1 heterocycles. The van der Waals surface area contributed by atoms with Crippen molar-refractivity contribution in [3.05, 3.63) is 64.7 Å². The molecule has 1 saturated heterocycles. The van der Waals surface area contributed by atoms with E-state index in [9.17, 15) is 4.79 Å². The quantitative estimate of drug-likeness (QED) is 0.680. The van der Waals surface area contributed by atoms with Gasteiger partial charge in [-0.05, 0) is 74.2 Å². The summed E-state index contributed by atoms with van der Waals surface area (Å²) < 4.78 is 0. The molecule has 144 valence electrons. The lowest BCUT2D eigenvalue weighted by molar-refractivity contribution is -0.121. The van der Waals surface area contributed by atoms with E-state index in [2.05, 4.69) is 41.4 Å². The number of carbonyl (C=O) groups excluding carboxylic acids is 1. The molecule has 1 fully saturated rings. The van der Waals surface area contributed by atoms with Crippen molar-refractivity contribution in [3.63, 3.8) is 0 Å². The molecule has 3 rings (SSSR count). The Bertz CT molecular complexity index is 719. The second-order valence-electron chi connectivity index (χ2n) is 7.47. The van der Waals surface area contributed by atoms with Gasteiger partial charge in [0.1, 0.15) is 0 Å². The highest BCUT2D eigenvalue weighted by Crippen LogP contribution is 2.22. The highest BCUT2D eigenvalue weighted by Gasteiger charge is 2.25. The normalized spacial score (nSPS) is 15.6. The van der Waals surface area contributed by atoms with Gasteiger partial charge in [-0.2, -0.15) is 0 Å². The summed E-state index contributed by atoms with van der Waals surface area (Å²) in [6, 6.07) is 16.3. The van der Waals surface area contributed by atoms with Crippen molar-refractivity contribution >= 4 is 23.2 Å². The van der Waals surface area contributed by atoms with E-state index < -0.39 is 0 Å². The van der Waals surface area contributed by atoms with Gasteiger partial charge in [0.05, 0.1) is 0 Å². The zero-order valence-electron chi connectivity index (χ0n) is 16.1. The molecule has 0 bridgehead atoms. The fourth-order valence-corrected chi connectivity index (χ4v) is 3.71. The molecular weight excluding hydrogens is 356 g/mol. The van der Waals surface area contributed by atoms with Gasteiger partial charge in [-0.15, -0.1) is 0 Å². The van der Waals surface area contributed by atoms with Gasteiger partial charge in [0.2, 0.25) is 5.91 Å². The number of hydrogen-bond acceptors (Lipinski definition) is 2. The van der Waals surface area contributed by atoms with Crippen LogP contribution in [0.15, 0.2) is 48.5 Å². The Kier molecular flexibility index (Phi) is 7.31. The molecular formula is C23H29ClN2O. The molecule has 1 N–H and O–H groups in total. The number of hydrogen-bond donors (Lipinski definition) is 1. The average molecular weight is 385 g/mol. The van der Waals surface area contributed by atoms with Crippen LogP contribution < -0.4 is 5.32 Å². The van der Waals surface area contributed by atoms with Crippen LogP contribution in [0.5, 0.6) is 0 Å². The summed E-state index contributed by atoms with van der Waals surface area (Å²) in [6.45, 7) is 5.04. The Morgan fingerprint density at radius 3 is 2.30 bits per heavy atom. The third-order valence-corrected chi connectivity index (χ3v) is 5.57. The Labute approximate surface area is 167 Å². The van der Waals surface area contributed by atoms with Gasteiger partial charge in [0, 0.05) is 23.2 Å². The van der Waals surface area contributed by atoms with Crippen molar-refractivity contribution in [3.8, 4) is 0 Å². The predicted octanol–water partition coefficient (Wildman–Crippen LogP) is 5.53. The van der Waals surface area contributed by atoms with Crippen molar-refractivity contribution in [1.29, 1.82) is 0 Å². The highest BCUT2D eigenvalue weighted by atomic mass is 35.5. The van der Waals surface area contributed by atoms with Crippen LogP contribution >= 0.6 is 11.6 Å². The fourth-order valence-electron chi connectivity index (χ4n) is 3.58. The first-order valence-electron chi connectivity index (χ1n) is 10.0. The van der Waals surface area contributed by atoms with Crippen LogP contribution in [0.2, 0.25) is 5.02 Å². The number of anilines is 1. The first-order chi connectivity index (χ1) is 13.1. The molecule has 0 aromatic heterocycles. The number of nitrogens with zero attached hydrogens (tertiary/aromatic N) is 1. The molecule has 2 aromatic rings. The number of likely N-dealkylation sites (tertiary alicyclic amines) is 1. The lowest BCUT2D eigenvalue weighted by atomic mass is 9.95. The molecule has 1 aliphatic heterocycles. The van der Waals surface area contributed by atoms with Gasteiger partial charge < -0.3 is 5.32 Å². The van der Waals surface area contributed by atoms with E-state index in [0.717, 1.165) is 49.6 Å². The topological polar surface area (TPSA) is 32.3 Å². The molecule has 0 atom stereocenters. The number of piperidine rings is 1. The minimum atomic E-state index is 0.103. The molecule has 1 amide bonds. The maximum atomic E-state index is 12.6. The van der Waals surface area contributed by atoms with E-state index in [1.165, 1.54) is 24.0 Å². The lowest BCUT2D eigenvalue weighted by Gasteiger charge is -2.31. The Morgan fingerprint density at radius 2 is 1.67 bits per heavy atom. The lowest BCUT2D eigenvalue weighted by Crippen LogP contribution is -2.37. The van der Waals surface area contributed by atoms with Crippen LogP contribution in [0.1, 0.15) is 43.7 Å². The van der Waals surface area contributed by atoms with E-state index in [4.69, 9.17) is 11.6 Å². The zero-order chi connectivity index (χ0) is 19.1. The molecule has 0 spiro atoms. The summed E-state index contributed by atoms with van der Waals surface area (Å²) >= 11 is 5.95. The van der Waals surface area contributed by atoms with Crippen molar-refractivity contribution in [2.24, 2.45) is 5.92 Å². The van der Waals surface area contributed by atoms with Gasteiger partial charge in [0.25, 0.3) is 0 Å². The van der Waals surface area contributed by atoms with Gasteiger partial charge in [-0.25, -0.2) is 0 Å². The maximum Gasteiger partial charge on any atom is 0.227 e. The summed E-state index contributed by atoms with van der Waals surface area (Å²) in [6.07, 6.45) is 5.34. The summed E-state index contributed by atoms with van der Waals surface area (Å²) in [5, 5.41) is 3.86. The third kappa shape index (κ3) is 6.08. The average Bonchev–Trinajstić information content (AvgIpc) is 2.70. The molecule has 3 nitrogen and oxygen atoms in total. The molecule has 0 saturated carbocycles. The minimum Gasteiger partial charge on any atom is -0.326 e. The van der Waals surface area contributed by atoms with Crippen LogP contribution in [0, 0.1) is 5.92 Å². The van der Waals surface area contributed by atoms with E-state index in [0.29, 0.717) is 0 Å². The van der Waals surface area contributed by atoms with Crippen LogP contribution in [0.3, 0.4) is 0 Å². The molecule has 1 aliphatic rings. The summed E-state index contributed by atoms with van der Waals surface area (Å²) in [5.41, 5.74) is 3.51. The number of halogens is 1. The third-order valence-electron chi connectivity index (χ3n) is 5.32. The highest BCUT2D eigenvalue weighted by molar-refractivity contribution is 6.30. The molecule has 27 heavy (non-hydrogen) atoms. The summed E-state index contributed by atoms with van der Waals surface area (Å²) in [7, 11) is 0. The van der Waals surface area contributed by atoms with Gasteiger partial charge >= 0.3 is 0 Å². The fraction of sp³-hybridized carbons (Fsp3) is 0.435. The molecule has 0 aliphatic carbocycles. The first-order valence-corrected chi connectivity index (χ1v) is 10.4. The number of carbonyl (C=O) groups is 1. The van der Waals surface area contributed by atoms with E-state index in [1.807, 2.05) is 24.3 Å². The maximum absolute atomic E-state index is 12.6. The summed E-state index contributed by atoms with van der Waals surface area (Å²) in [5.74, 6) is 0.258. The van der Waals surface area contributed by atoms with E-state index >= 15 is 0 Å². The van der Waals surface area contributed by atoms with Gasteiger partial charge in [0.15, 0.2) is 0 Å². The van der Waals surface area contributed by atoms with Crippen molar-refractivity contribution in [2.45, 2.75) is 45.6 Å². The van der Waals surface area contributed by atoms with Gasteiger partial charge in [-0.3, -0.25) is 9.69 Å². The second kappa shape index (κ2) is 9.91. The molecule has 0 unspecified atom stereocenters. The van der Waals surface area contributed by atoms with Crippen LogP contribution in [-0.4, -0.2) is 23.9 Å². The number of aryl methyl sites for hydroxylation is 1. The zero-order valence-corrected chi connectivity index (χ0v) is 16.8. The predicted molar refractivity (Wildman–Crippen MR) is 113 cm³/mol. The molecule has 0 radical (unpaired) electrons. The second-order valence-corrected chi connectivity index (χ2v) is 7.90. The van der Waals surface area contributed by atoms with E-state index in [-0.39, 0.29) is 11.8 Å². The minimum absolute atomic E-state index is 0.103. The molecule has 2 aromatic carbocycles.